The number of primary amides is 1. The van der Waals surface area contributed by atoms with Crippen molar-refractivity contribution in [1.29, 1.82) is 0 Å². The number of nitrogens with zero attached hydrogens (tertiary/aromatic N) is 1. The first kappa shape index (κ1) is 18.4. The standard InChI is InChI=1S/C22H30N2O4/c23-20(27)16-5-4-14-10-17-22(28)7-6-15(25)11-21(22,18(14)19(16)26)8-9-24(17)12-13-2-1-3-13/h4-5,13,15,17,25-26,28H,1-3,6-12H2,(H2,23,27)/t15-,17-,21?,22-/m1/s1. The lowest BCUT2D eigenvalue weighted by Gasteiger charge is -2.64. The molecule has 1 aromatic rings. The molecule has 6 nitrogen and oxygen atoms in total. The number of amides is 1. The molecule has 0 radical (unpaired) electrons. The van der Waals surface area contributed by atoms with Crippen LogP contribution in [-0.2, 0) is 11.8 Å². The van der Waals surface area contributed by atoms with Gasteiger partial charge in [0, 0.05) is 23.6 Å². The molecule has 28 heavy (non-hydrogen) atoms. The topological polar surface area (TPSA) is 107 Å². The van der Waals surface area contributed by atoms with E-state index < -0.39 is 23.0 Å². The number of aromatic hydroxyl groups is 1. The number of fused-ring (bicyclic) bond motifs is 1. The Morgan fingerprint density at radius 1 is 1.25 bits per heavy atom. The maximum atomic E-state index is 12.1. The van der Waals surface area contributed by atoms with Gasteiger partial charge in [0.05, 0.1) is 17.3 Å². The Labute approximate surface area is 165 Å². The maximum Gasteiger partial charge on any atom is 0.252 e. The molecule has 4 aliphatic rings. The number of hydrogen-bond acceptors (Lipinski definition) is 5. The van der Waals surface area contributed by atoms with Crippen LogP contribution in [0.5, 0.6) is 5.75 Å². The fraction of sp³-hybridized carbons (Fsp3) is 0.682. The van der Waals surface area contributed by atoms with Gasteiger partial charge in [-0.1, -0.05) is 12.5 Å². The van der Waals surface area contributed by atoms with Gasteiger partial charge >= 0.3 is 0 Å². The molecular formula is C22H30N2O4. The zero-order chi connectivity index (χ0) is 19.7. The van der Waals surface area contributed by atoms with Crippen LogP contribution in [0.3, 0.4) is 0 Å². The van der Waals surface area contributed by atoms with Crippen molar-refractivity contribution in [3.63, 3.8) is 0 Å². The number of carbonyl (C=O) groups excluding carboxylic acids is 1. The molecule has 1 amide bonds. The van der Waals surface area contributed by atoms with Crippen LogP contribution in [0.2, 0.25) is 0 Å². The van der Waals surface area contributed by atoms with Crippen molar-refractivity contribution in [1.82, 2.24) is 4.90 Å². The number of piperidine rings is 1. The van der Waals surface area contributed by atoms with E-state index in [1.165, 1.54) is 19.3 Å². The summed E-state index contributed by atoms with van der Waals surface area (Å²) in [4.78, 5) is 14.3. The number of aliphatic hydroxyl groups is 2. The van der Waals surface area contributed by atoms with Gasteiger partial charge < -0.3 is 21.1 Å². The summed E-state index contributed by atoms with van der Waals surface area (Å²) in [5, 5.41) is 33.6. The lowest BCUT2D eigenvalue weighted by atomic mass is 9.48. The molecule has 2 saturated carbocycles. The molecule has 1 saturated heterocycles. The Balaban J connectivity index is 1.65. The molecule has 0 aromatic heterocycles. The Kier molecular flexibility index (Phi) is 4.06. The molecule has 5 N–H and O–H groups in total. The highest BCUT2D eigenvalue weighted by atomic mass is 16.3. The van der Waals surface area contributed by atoms with Crippen LogP contribution in [0, 0.1) is 5.92 Å². The van der Waals surface area contributed by atoms with E-state index in [-0.39, 0.29) is 17.4 Å². The molecule has 2 bridgehead atoms. The summed E-state index contributed by atoms with van der Waals surface area (Å²) in [5.74, 6) is -0.0399. The van der Waals surface area contributed by atoms with Crippen molar-refractivity contribution in [2.75, 3.05) is 13.1 Å². The fourth-order valence-electron chi connectivity index (χ4n) is 6.61. The van der Waals surface area contributed by atoms with Gasteiger partial charge in [0.2, 0.25) is 0 Å². The summed E-state index contributed by atoms with van der Waals surface area (Å²) in [5.41, 5.74) is 5.49. The van der Waals surface area contributed by atoms with Gasteiger partial charge in [-0.2, -0.15) is 0 Å². The second-order valence-corrected chi connectivity index (χ2v) is 9.52. The molecule has 6 heteroatoms. The van der Waals surface area contributed by atoms with Crippen molar-refractivity contribution >= 4 is 5.91 Å². The summed E-state index contributed by atoms with van der Waals surface area (Å²) >= 11 is 0. The predicted octanol–water partition coefficient (Wildman–Crippen LogP) is 1.44. The van der Waals surface area contributed by atoms with Crippen molar-refractivity contribution < 1.29 is 20.1 Å². The van der Waals surface area contributed by atoms with E-state index in [0.717, 1.165) is 24.6 Å². The second-order valence-electron chi connectivity index (χ2n) is 9.52. The minimum Gasteiger partial charge on any atom is -0.507 e. The van der Waals surface area contributed by atoms with Gasteiger partial charge in [0.1, 0.15) is 5.75 Å². The summed E-state index contributed by atoms with van der Waals surface area (Å²) in [7, 11) is 0. The molecule has 5 rings (SSSR count). The van der Waals surface area contributed by atoms with Crippen LogP contribution in [0.4, 0.5) is 0 Å². The average molecular weight is 386 g/mol. The van der Waals surface area contributed by atoms with Crippen LogP contribution >= 0.6 is 0 Å². The van der Waals surface area contributed by atoms with Crippen LogP contribution < -0.4 is 5.73 Å². The number of hydrogen-bond donors (Lipinski definition) is 4. The van der Waals surface area contributed by atoms with Crippen LogP contribution in [0.1, 0.15) is 66.4 Å². The van der Waals surface area contributed by atoms with Gasteiger partial charge in [0.25, 0.3) is 5.91 Å². The van der Waals surface area contributed by atoms with Gasteiger partial charge in [-0.25, -0.2) is 0 Å². The zero-order valence-corrected chi connectivity index (χ0v) is 16.2. The highest BCUT2D eigenvalue weighted by Crippen LogP contribution is 2.60. The number of rotatable bonds is 3. The van der Waals surface area contributed by atoms with Crippen LogP contribution in [0.15, 0.2) is 12.1 Å². The van der Waals surface area contributed by atoms with Crippen molar-refractivity contribution in [2.24, 2.45) is 11.7 Å². The van der Waals surface area contributed by atoms with Gasteiger partial charge in [-0.15, -0.1) is 0 Å². The van der Waals surface area contributed by atoms with E-state index in [0.29, 0.717) is 37.7 Å². The minimum atomic E-state index is -1.00. The number of likely N-dealkylation sites (tertiary alicyclic amines) is 1. The third-order valence-corrected chi connectivity index (χ3v) is 8.23. The zero-order valence-electron chi connectivity index (χ0n) is 16.2. The smallest absolute Gasteiger partial charge is 0.252 e. The summed E-state index contributed by atoms with van der Waals surface area (Å²) < 4.78 is 0. The van der Waals surface area contributed by atoms with E-state index in [1.807, 2.05) is 6.07 Å². The molecule has 4 atom stereocenters. The Hall–Kier alpha value is -1.63. The predicted molar refractivity (Wildman–Crippen MR) is 104 cm³/mol. The third-order valence-electron chi connectivity index (χ3n) is 8.23. The van der Waals surface area contributed by atoms with Gasteiger partial charge in [-0.3, -0.25) is 9.69 Å². The van der Waals surface area contributed by atoms with E-state index in [9.17, 15) is 20.1 Å². The van der Waals surface area contributed by atoms with Crippen molar-refractivity contribution in [2.45, 2.75) is 74.5 Å². The number of carbonyl (C=O) groups is 1. The normalized spacial score (nSPS) is 37.6. The maximum absolute atomic E-state index is 12.1. The lowest BCUT2D eigenvalue weighted by Crippen LogP contribution is -2.73. The third kappa shape index (κ3) is 2.34. The van der Waals surface area contributed by atoms with Gasteiger partial charge in [0.15, 0.2) is 0 Å². The lowest BCUT2D eigenvalue weighted by molar-refractivity contribution is -0.185. The molecule has 0 spiro atoms. The highest BCUT2D eigenvalue weighted by molar-refractivity contribution is 5.96. The highest BCUT2D eigenvalue weighted by Gasteiger charge is 2.65. The summed E-state index contributed by atoms with van der Waals surface area (Å²) in [6, 6.07) is 3.47. The number of aliphatic hydroxyl groups excluding tert-OH is 1. The van der Waals surface area contributed by atoms with Crippen LogP contribution in [0.25, 0.3) is 0 Å². The van der Waals surface area contributed by atoms with Crippen LogP contribution in [-0.4, -0.2) is 57.0 Å². The molecule has 1 unspecified atom stereocenters. The largest absolute Gasteiger partial charge is 0.507 e. The van der Waals surface area contributed by atoms with E-state index >= 15 is 0 Å². The molecule has 1 aromatic carbocycles. The molecular weight excluding hydrogens is 356 g/mol. The summed E-state index contributed by atoms with van der Waals surface area (Å²) in [6.45, 7) is 1.86. The van der Waals surface area contributed by atoms with Crippen molar-refractivity contribution in [3.05, 3.63) is 28.8 Å². The molecule has 1 heterocycles. The first-order valence-corrected chi connectivity index (χ1v) is 10.7. The monoisotopic (exact) mass is 386 g/mol. The quantitative estimate of drug-likeness (QED) is 0.629. The van der Waals surface area contributed by atoms with E-state index in [1.54, 1.807) is 6.07 Å². The Morgan fingerprint density at radius 2 is 2.04 bits per heavy atom. The molecule has 1 aliphatic heterocycles. The van der Waals surface area contributed by atoms with E-state index in [4.69, 9.17) is 5.73 Å². The Bertz CT molecular complexity index is 823. The molecule has 3 aliphatic carbocycles. The number of benzene rings is 1. The van der Waals surface area contributed by atoms with Crippen molar-refractivity contribution in [3.8, 4) is 5.75 Å². The fourth-order valence-corrected chi connectivity index (χ4v) is 6.61. The minimum absolute atomic E-state index is 0.0133. The first-order valence-electron chi connectivity index (χ1n) is 10.7. The Morgan fingerprint density at radius 3 is 2.71 bits per heavy atom. The molecule has 3 fully saturated rings. The second kappa shape index (κ2) is 6.18. The number of nitrogens with two attached hydrogens (primary N) is 1. The van der Waals surface area contributed by atoms with Gasteiger partial charge in [-0.05, 0) is 69.0 Å². The molecule has 152 valence electrons. The summed E-state index contributed by atoms with van der Waals surface area (Å²) in [6.07, 6.45) is 6.15. The first-order chi connectivity index (χ1) is 13.4. The SMILES string of the molecule is NC(=O)c1ccc2c(c1O)C13CCN(CC4CCC4)[C@H](C2)[C@]1(O)CC[C@@H](O)C3. The van der Waals surface area contributed by atoms with E-state index in [2.05, 4.69) is 4.90 Å². The number of phenols is 1. The average Bonchev–Trinajstić information content (AvgIpc) is 2.59.